The fourth-order valence-electron chi connectivity index (χ4n) is 3.97. The van der Waals surface area contributed by atoms with E-state index in [4.69, 9.17) is 0 Å². The average Bonchev–Trinajstić information content (AvgIpc) is 3.26. The van der Waals surface area contributed by atoms with Crippen LogP contribution in [0.1, 0.15) is 68.3 Å². The molecule has 1 aliphatic rings. The molecular formula is C23H31N3O3. The van der Waals surface area contributed by atoms with E-state index in [1.54, 1.807) is 0 Å². The van der Waals surface area contributed by atoms with Crippen molar-refractivity contribution in [1.82, 2.24) is 4.90 Å². The molecule has 1 aliphatic carbocycles. The first-order chi connectivity index (χ1) is 14.0. The highest BCUT2D eigenvalue weighted by Gasteiger charge is 2.24. The van der Waals surface area contributed by atoms with E-state index < -0.39 is 10.9 Å². The molecule has 2 aromatic carbocycles. The number of carbonyl (C=O) groups is 1. The van der Waals surface area contributed by atoms with E-state index >= 15 is 0 Å². The second-order valence-corrected chi connectivity index (χ2v) is 7.88. The molecule has 0 aliphatic heterocycles. The molecule has 6 nitrogen and oxygen atoms in total. The molecule has 0 saturated heterocycles. The van der Waals surface area contributed by atoms with Gasteiger partial charge in [-0.3, -0.25) is 14.4 Å². The Bertz CT molecular complexity index is 885. The van der Waals surface area contributed by atoms with Crippen LogP contribution in [0.4, 0.5) is 11.4 Å². The Morgan fingerprint density at radius 1 is 0.966 bits per heavy atom. The zero-order chi connectivity index (χ0) is 20.8. The maximum absolute atomic E-state index is 12.7. The second-order valence-electron chi connectivity index (χ2n) is 7.88. The van der Waals surface area contributed by atoms with Crippen LogP contribution >= 0.6 is 0 Å². The third kappa shape index (κ3) is 4.86. The molecule has 156 valence electrons. The minimum Gasteiger partial charge on any atom is -0.377 e. The van der Waals surface area contributed by atoms with Gasteiger partial charge in [-0.1, -0.05) is 38.8 Å². The number of amides is 1. The molecule has 0 unspecified atom stereocenters. The summed E-state index contributed by atoms with van der Waals surface area (Å²) in [7, 11) is 0. The zero-order valence-electron chi connectivity index (χ0n) is 17.4. The van der Waals surface area contributed by atoms with Crippen LogP contribution in [-0.2, 0) is 6.54 Å². The summed E-state index contributed by atoms with van der Waals surface area (Å²) in [6.45, 7) is 6.10. The molecule has 1 saturated carbocycles. The van der Waals surface area contributed by atoms with Crippen LogP contribution in [0.15, 0.2) is 33.9 Å². The maximum Gasteiger partial charge on any atom is 0.253 e. The molecule has 1 fully saturated rings. The van der Waals surface area contributed by atoms with Crippen molar-refractivity contribution in [3.8, 4) is 0 Å². The average molecular weight is 398 g/mol. The van der Waals surface area contributed by atoms with E-state index in [1.165, 1.54) is 0 Å². The molecule has 0 radical (unpaired) electrons. The van der Waals surface area contributed by atoms with Crippen molar-refractivity contribution in [2.45, 2.75) is 65.0 Å². The van der Waals surface area contributed by atoms with Gasteiger partial charge in [-0.2, -0.15) is 0 Å². The minimum absolute atomic E-state index is 0.0544. The van der Waals surface area contributed by atoms with Gasteiger partial charge in [0.1, 0.15) is 11.4 Å². The standard InChI is InChI=1S/C23H31N3O3/c1-3-13-26(14-4-2)23(29)17-11-9-16(10-12-17)15-24-19-20(22(28)21(19)27)25-18-7-5-6-8-18/h9-12,18,24-25H,3-8,13-15H2,1-2H3. The highest BCUT2D eigenvalue weighted by Crippen LogP contribution is 2.24. The van der Waals surface area contributed by atoms with Gasteiger partial charge in [-0.25, -0.2) is 0 Å². The van der Waals surface area contributed by atoms with Gasteiger partial charge in [0.15, 0.2) is 0 Å². The summed E-state index contributed by atoms with van der Waals surface area (Å²) in [4.78, 5) is 38.4. The molecule has 1 amide bonds. The lowest BCUT2D eigenvalue weighted by atomic mass is 10.1. The van der Waals surface area contributed by atoms with E-state index in [0.29, 0.717) is 29.5 Å². The first kappa shape index (κ1) is 21.1. The summed E-state index contributed by atoms with van der Waals surface area (Å²) in [6, 6.07) is 7.74. The third-order valence-corrected chi connectivity index (χ3v) is 5.56. The second kappa shape index (κ2) is 9.72. The lowest BCUT2D eigenvalue weighted by Crippen LogP contribution is -2.39. The number of nitrogens with zero attached hydrogens (tertiary/aromatic N) is 1. The zero-order valence-corrected chi connectivity index (χ0v) is 17.4. The van der Waals surface area contributed by atoms with Crippen molar-refractivity contribution < 1.29 is 4.79 Å². The van der Waals surface area contributed by atoms with E-state index in [0.717, 1.165) is 57.2 Å². The molecule has 6 heteroatoms. The van der Waals surface area contributed by atoms with Crippen molar-refractivity contribution in [2.75, 3.05) is 23.7 Å². The Hall–Kier alpha value is -2.63. The molecule has 0 spiro atoms. The molecule has 3 rings (SSSR count). The van der Waals surface area contributed by atoms with Crippen LogP contribution in [0.5, 0.6) is 0 Å². The predicted molar refractivity (Wildman–Crippen MR) is 117 cm³/mol. The number of rotatable bonds is 10. The van der Waals surface area contributed by atoms with Gasteiger partial charge < -0.3 is 15.5 Å². The van der Waals surface area contributed by atoms with Crippen LogP contribution in [0.25, 0.3) is 0 Å². The summed E-state index contributed by atoms with van der Waals surface area (Å²) in [6.07, 6.45) is 6.28. The number of anilines is 2. The summed E-state index contributed by atoms with van der Waals surface area (Å²) in [5.41, 5.74) is 1.58. The quantitative estimate of drug-likeness (QED) is 0.600. The fraction of sp³-hybridized carbons (Fsp3) is 0.522. The van der Waals surface area contributed by atoms with E-state index in [2.05, 4.69) is 24.5 Å². The van der Waals surface area contributed by atoms with E-state index in [1.807, 2.05) is 29.2 Å². The van der Waals surface area contributed by atoms with Crippen molar-refractivity contribution in [2.24, 2.45) is 0 Å². The van der Waals surface area contributed by atoms with Crippen LogP contribution in [0.2, 0.25) is 0 Å². The van der Waals surface area contributed by atoms with Gasteiger partial charge in [0, 0.05) is 31.2 Å². The van der Waals surface area contributed by atoms with Crippen LogP contribution in [0.3, 0.4) is 0 Å². The van der Waals surface area contributed by atoms with Gasteiger partial charge in [-0.05, 0) is 43.4 Å². The number of nitrogens with one attached hydrogen (secondary N) is 2. The molecule has 0 heterocycles. The highest BCUT2D eigenvalue weighted by molar-refractivity contribution is 5.94. The fourth-order valence-corrected chi connectivity index (χ4v) is 3.97. The summed E-state index contributed by atoms with van der Waals surface area (Å²) in [5.74, 6) is 0.0544. The van der Waals surface area contributed by atoms with E-state index in [9.17, 15) is 14.4 Å². The maximum atomic E-state index is 12.7. The molecular weight excluding hydrogens is 366 g/mol. The smallest absolute Gasteiger partial charge is 0.253 e. The lowest BCUT2D eigenvalue weighted by Gasteiger charge is -2.21. The SMILES string of the molecule is CCCN(CCC)C(=O)c1ccc(CNc2c(NC3CCCC3)c(=O)c2=O)cc1. The Morgan fingerprint density at radius 2 is 1.55 bits per heavy atom. The molecule has 29 heavy (non-hydrogen) atoms. The molecule has 2 aromatic rings. The molecule has 0 atom stereocenters. The van der Waals surface area contributed by atoms with Crippen molar-refractivity contribution in [3.05, 3.63) is 55.8 Å². The number of benzene rings is 1. The Morgan fingerprint density at radius 3 is 2.14 bits per heavy atom. The number of carbonyl (C=O) groups excluding carboxylic acids is 1. The van der Waals surface area contributed by atoms with Crippen molar-refractivity contribution in [3.63, 3.8) is 0 Å². The van der Waals surface area contributed by atoms with Crippen LogP contribution < -0.4 is 21.5 Å². The van der Waals surface area contributed by atoms with Gasteiger partial charge in [0.25, 0.3) is 16.8 Å². The normalized spacial score (nSPS) is 14.3. The van der Waals surface area contributed by atoms with Gasteiger partial charge in [0.05, 0.1) is 0 Å². The van der Waals surface area contributed by atoms with Gasteiger partial charge in [-0.15, -0.1) is 0 Å². The summed E-state index contributed by atoms with van der Waals surface area (Å²) in [5, 5.41) is 6.34. The van der Waals surface area contributed by atoms with Gasteiger partial charge >= 0.3 is 0 Å². The first-order valence-corrected chi connectivity index (χ1v) is 10.8. The van der Waals surface area contributed by atoms with Crippen LogP contribution in [-0.4, -0.2) is 29.9 Å². The first-order valence-electron chi connectivity index (χ1n) is 10.8. The van der Waals surface area contributed by atoms with Crippen LogP contribution in [0, 0.1) is 0 Å². The van der Waals surface area contributed by atoms with E-state index in [-0.39, 0.29) is 5.91 Å². The minimum atomic E-state index is -0.452. The topological polar surface area (TPSA) is 78.5 Å². The summed E-state index contributed by atoms with van der Waals surface area (Å²) >= 11 is 0. The molecule has 0 aromatic heterocycles. The molecule has 0 bridgehead atoms. The highest BCUT2D eigenvalue weighted by atomic mass is 16.2. The van der Waals surface area contributed by atoms with Gasteiger partial charge in [0.2, 0.25) is 0 Å². The predicted octanol–water partition coefficient (Wildman–Crippen LogP) is 3.51. The number of hydrogen-bond acceptors (Lipinski definition) is 5. The monoisotopic (exact) mass is 397 g/mol. The van der Waals surface area contributed by atoms with Crippen molar-refractivity contribution >= 4 is 17.3 Å². The Kier molecular flexibility index (Phi) is 7.07. The Labute approximate surface area is 172 Å². The van der Waals surface area contributed by atoms with Crippen molar-refractivity contribution in [1.29, 1.82) is 0 Å². The Balaban J connectivity index is 1.61. The summed E-state index contributed by atoms with van der Waals surface area (Å²) < 4.78 is 0. The largest absolute Gasteiger partial charge is 0.377 e. The lowest BCUT2D eigenvalue weighted by molar-refractivity contribution is 0.0755. The number of hydrogen-bond donors (Lipinski definition) is 2. The molecule has 2 N–H and O–H groups in total. The third-order valence-electron chi connectivity index (χ3n) is 5.56.